The van der Waals surface area contributed by atoms with Crippen molar-refractivity contribution in [3.63, 3.8) is 0 Å². The van der Waals surface area contributed by atoms with Crippen LogP contribution in [0.1, 0.15) is 63.4 Å². The summed E-state index contributed by atoms with van der Waals surface area (Å²) in [6, 6.07) is 7.58. The summed E-state index contributed by atoms with van der Waals surface area (Å²) in [7, 11) is 0. The maximum absolute atomic E-state index is 11.0. The molecule has 3 heteroatoms. The Balaban J connectivity index is 2.68. The Morgan fingerprint density at radius 3 is 2.43 bits per heavy atom. The van der Waals surface area contributed by atoms with Crippen molar-refractivity contribution in [1.82, 2.24) is 5.32 Å². The smallest absolute Gasteiger partial charge is 0.335 e. The Labute approximate surface area is 128 Å². The molecular weight excluding hydrogens is 262 g/mol. The van der Waals surface area contributed by atoms with Gasteiger partial charge in [0.2, 0.25) is 0 Å². The van der Waals surface area contributed by atoms with E-state index in [1.807, 2.05) is 6.07 Å². The molecule has 1 aromatic rings. The molecule has 21 heavy (non-hydrogen) atoms. The van der Waals surface area contributed by atoms with Crippen LogP contribution in [-0.4, -0.2) is 17.1 Å². The molecule has 3 nitrogen and oxygen atoms in total. The molecule has 0 amide bonds. The van der Waals surface area contributed by atoms with Gasteiger partial charge in [0.1, 0.15) is 0 Å². The van der Waals surface area contributed by atoms with Crippen molar-refractivity contribution in [1.29, 1.82) is 0 Å². The average molecular weight is 291 g/mol. The van der Waals surface area contributed by atoms with Crippen LogP contribution >= 0.6 is 0 Å². The minimum absolute atomic E-state index is 0.194. The first-order valence-electron chi connectivity index (χ1n) is 7.75. The van der Waals surface area contributed by atoms with E-state index in [0.29, 0.717) is 24.1 Å². The highest BCUT2D eigenvalue weighted by molar-refractivity contribution is 5.87. The Morgan fingerprint density at radius 2 is 1.90 bits per heavy atom. The van der Waals surface area contributed by atoms with Gasteiger partial charge in [-0.25, -0.2) is 4.79 Å². The minimum Gasteiger partial charge on any atom is -0.478 e. The van der Waals surface area contributed by atoms with Gasteiger partial charge in [-0.3, -0.25) is 0 Å². The van der Waals surface area contributed by atoms with Crippen molar-refractivity contribution in [2.45, 2.75) is 60.0 Å². The number of nitrogens with one attached hydrogen (secondary N) is 1. The van der Waals surface area contributed by atoms with E-state index in [4.69, 9.17) is 5.11 Å². The summed E-state index contributed by atoms with van der Waals surface area (Å²) in [6.07, 6.45) is 2.34. The molecule has 1 rings (SSSR count). The van der Waals surface area contributed by atoms with Gasteiger partial charge in [-0.2, -0.15) is 0 Å². The highest BCUT2D eigenvalue weighted by Crippen LogP contribution is 2.25. The van der Waals surface area contributed by atoms with Gasteiger partial charge < -0.3 is 10.4 Å². The van der Waals surface area contributed by atoms with Crippen LogP contribution in [0.15, 0.2) is 24.3 Å². The van der Waals surface area contributed by atoms with Gasteiger partial charge in [-0.1, -0.05) is 46.8 Å². The first kappa shape index (κ1) is 17.7. The summed E-state index contributed by atoms with van der Waals surface area (Å²) < 4.78 is 0. The standard InChI is InChI=1S/C18H29NO2/c1-13(2)9-10-16(18(3,4)5)19-12-14-7-6-8-15(11-14)17(20)21/h6-8,11,13,16,19H,9-10,12H2,1-5H3,(H,20,21). The van der Waals surface area contributed by atoms with Crippen molar-refractivity contribution in [3.05, 3.63) is 35.4 Å². The highest BCUT2D eigenvalue weighted by atomic mass is 16.4. The maximum atomic E-state index is 11.0. The molecule has 2 N–H and O–H groups in total. The second-order valence-corrected chi connectivity index (χ2v) is 7.28. The minimum atomic E-state index is -0.871. The van der Waals surface area contributed by atoms with E-state index >= 15 is 0 Å². The Morgan fingerprint density at radius 1 is 1.24 bits per heavy atom. The number of hydrogen-bond donors (Lipinski definition) is 2. The fraction of sp³-hybridized carbons (Fsp3) is 0.611. The third-order valence-corrected chi connectivity index (χ3v) is 3.80. The molecule has 118 valence electrons. The third kappa shape index (κ3) is 6.30. The van der Waals surface area contributed by atoms with Crippen LogP contribution in [-0.2, 0) is 6.54 Å². The van der Waals surface area contributed by atoms with E-state index in [9.17, 15) is 4.79 Å². The van der Waals surface area contributed by atoms with Crippen LogP contribution in [0.4, 0.5) is 0 Å². The fourth-order valence-corrected chi connectivity index (χ4v) is 2.40. The van der Waals surface area contributed by atoms with E-state index in [-0.39, 0.29) is 5.41 Å². The third-order valence-electron chi connectivity index (χ3n) is 3.80. The van der Waals surface area contributed by atoms with Crippen LogP contribution in [0.2, 0.25) is 0 Å². The van der Waals surface area contributed by atoms with Gasteiger partial charge in [0, 0.05) is 12.6 Å². The lowest BCUT2D eigenvalue weighted by Crippen LogP contribution is -2.40. The van der Waals surface area contributed by atoms with E-state index in [1.165, 1.54) is 6.42 Å². The number of hydrogen-bond acceptors (Lipinski definition) is 2. The highest BCUT2D eigenvalue weighted by Gasteiger charge is 2.24. The van der Waals surface area contributed by atoms with Gasteiger partial charge in [-0.05, 0) is 41.9 Å². The van der Waals surface area contributed by atoms with Crippen molar-refractivity contribution in [3.8, 4) is 0 Å². The first-order valence-corrected chi connectivity index (χ1v) is 7.75. The zero-order valence-corrected chi connectivity index (χ0v) is 13.9. The summed E-state index contributed by atoms with van der Waals surface area (Å²) in [4.78, 5) is 11.0. The summed E-state index contributed by atoms with van der Waals surface area (Å²) in [5.74, 6) is -0.170. The molecule has 0 bridgehead atoms. The van der Waals surface area contributed by atoms with Crippen molar-refractivity contribution in [2.24, 2.45) is 11.3 Å². The van der Waals surface area contributed by atoms with Crippen LogP contribution in [0.5, 0.6) is 0 Å². The van der Waals surface area contributed by atoms with Gasteiger partial charge in [0.05, 0.1) is 5.56 Å². The quantitative estimate of drug-likeness (QED) is 0.786. The van der Waals surface area contributed by atoms with Gasteiger partial charge in [0.25, 0.3) is 0 Å². The van der Waals surface area contributed by atoms with E-state index in [1.54, 1.807) is 18.2 Å². The van der Waals surface area contributed by atoms with E-state index < -0.39 is 5.97 Å². The van der Waals surface area contributed by atoms with Crippen LogP contribution in [0, 0.1) is 11.3 Å². The predicted molar refractivity (Wildman–Crippen MR) is 87.6 cm³/mol. The number of carboxylic acids is 1. The Hall–Kier alpha value is -1.35. The molecule has 0 saturated heterocycles. The maximum Gasteiger partial charge on any atom is 0.335 e. The molecule has 1 unspecified atom stereocenters. The molecule has 0 aliphatic rings. The monoisotopic (exact) mass is 291 g/mol. The second-order valence-electron chi connectivity index (χ2n) is 7.28. The molecule has 0 heterocycles. The molecular formula is C18H29NO2. The topological polar surface area (TPSA) is 49.3 Å². The van der Waals surface area contributed by atoms with Crippen LogP contribution < -0.4 is 5.32 Å². The Kier molecular flexibility index (Phi) is 6.41. The molecule has 0 fully saturated rings. The largest absolute Gasteiger partial charge is 0.478 e. The summed E-state index contributed by atoms with van der Waals surface area (Å²) in [6.45, 7) is 11.9. The number of carbonyl (C=O) groups is 1. The van der Waals surface area contributed by atoms with E-state index in [2.05, 4.69) is 39.9 Å². The lowest BCUT2D eigenvalue weighted by Gasteiger charge is -2.32. The first-order chi connectivity index (χ1) is 9.70. The molecule has 0 saturated carbocycles. The van der Waals surface area contributed by atoms with Gasteiger partial charge in [0.15, 0.2) is 0 Å². The summed E-state index contributed by atoms with van der Waals surface area (Å²) in [5, 5.41) is 12.6. The van der Waals surface area contributed by atoms with Crippen LogP contribution in [0.25, 0.3) is 0 Å². The zero-order chi connectivity index (χ0) is 16.0. The summed E-state index contributed by atoms with van der Waals surface area (Å²) >= 11 is 0. The van der Waals surface area contributed by atoms with E-state index in [0.717, 1.165) is 12.0 Å². The Bertz CT molecular complexity index is 461. The van der Waals surface area contributed by atoms with Gasteiger partial charge in [-0.15, -0.1) is 0 Å². The normalized spacial score (nSPS) is 13.4. The number of carboxylic acid groups (broad SMARTS) is 1. The van der Waals surface area contributed by atoms with Crippen LogP contribution in [0.3, 0.4) is 0 Å². The molecule has 0 aliphatic carbocycles. The van der Waals surface area contributed by atoms with Crippen molar-refractivity contribution in [2.75, 3.05) is 0 Å². The van der Waals surface area contributed by atoms with Crippen molar-refractivity contribution >= 4 is 5.97 Å². The molecule has 0 aliphatic heterocycles. The average Bonchev–Trinajstić information content (AvgIpc) is 2.37. The second kappa shape index (κ2) is 7.60. The van der Waals surface area contributed by atoms with Crippen molar-refractivity contribution < 1.29 is 9.90 Å². The lowest BCUT2D eigenvalue weighted by atomic mass is 9.82. The number of rotatable bonds is 7. The lowest BCUT2D eigenvalue weighted by molar-refractivity contribution is 0.0696. The zero-order valence-electron chi connectivity index (χ0n) is 13.9. The number of benzene rings is 1. The van der Waals surface area contributed by atoms with Gasteiger partial charge >= 0.3 is 5.97 Å². The SMILES string of the molecule is CC(C)CCC(NCc1cccc(C(=O)O)c1)C(C)(C)C. The molecule has 1 aromatic carbocycles. The number of aromatic carboxylic acids is 1. The summed E-state index contributed by atoms with van der Waals surface area (Å²) in [5.41, 5.74) is 1.57. The molecule has 0 radical (unpaired) electrons. The molecule has 0 spiro atoms. The molecule has 1 atom stereocenters. The molecule has 0 aromatic heterocycles. The fourth-order valence-electron chi connectivity index (χ4n) is 2.40. The predicted octanol–water partition coefficient (Wildman–Crippen LogP) is 4.33.